The van der Waals surface area contributed by atoms with E-state index < -0.39 is 94.3 Å². The summed E-state index contributed by atoms with van der Waals surface area (Å²) in [5, 5.41) is 18.5. The zero-order chi connectivity index (χ0) is 31.1. The largest absolute Gasteiger partial charge is 0.453 e. The van der Waals surface area contributed by atoms with E-state index in [2.05, 4.69) is 4.74 Å². The van der Waals surface area contributed by atoms with Gasteiger partial charge in [0.1, 0.15) is 13.0 Å². The number of hydrogen-bond acceptors (Lipinski definition) is 6. The molecule has 0 saturated heterocycles. The molecule has 2 N–H and O–H groups in total. The Balaban J connectivity index is 3.99. The van der Waals surface area contributed by atoms with Crippen molar-refractivity contribution >= 4 is 0 Å². The second kappa shape index (κ2) is 17.8. The van der Waals surface area contributed by atoms with Crippen LogP contribution >= 0.6 is 0 Å². The second-order valence-electron chi connectivity index (χ2n) is 9.18. The fourth-order valence-electron chi connectivity index (χ4n) is 2.92. The summed E-state index contributed by atoms with van der Waals surface area (Å²) in [7, 11) is 0. The highest BCUT2D eigenvalue weighted by molar-refractivity contribution is 4.83. The zero-order valence-corrected chi connectivity index (χ0v) is 21.3. The Bertz CT molecular complexity index is 661. The Hall–Kier alpha value is -1.08. The van der Waals surface area contributed by atoms with Crippen LogP contribution < -0.4 is 0 Å². The van der Waals surface area contributed by atoms with Crippen molar-refractivity contribution in [2.45, 2.75) is 62.2 Å². The summed E-state index contributed by atoms with van der Waals surface area (Å²) in [5.41, 5.74) is 0. The smallest absolute Gasteiger partial charge is 0.396 e. The maximum absolute atomic E-state index is 13.4. The molecular formula is C22H34F12O6. The van der Waals surface area contributed by atoms with E-state index in [0.717, 1.165) is 0 Å². The third-order valence-corrected chi connectivity index (χ3v) is 5.04. The van der Waals surface area contributed by atoms with Crippen molar-refractivity contribution in [1.82, 2.24) is 0 Å². The number of alkyl halides is 12. The van der Waals surface area contributed by atoms with Crippen molar-refractivity contribution < 1.29 is 81.8 Å². The molecule has 0 bridgehead atoms. The molecule has 2 atom stereocenters. The quantitative estimate of drug-likeness (QED) is 0.120. The molecule has 2 unspecified atom stereocenters. The lowest BCUT2D eigenvalue weighted by Crippen LogP contribution is -2.43. The molecule has 0 rings (SSSR count). The molecule has 6 nitrogen and oxygen atoms in total. The van der Waals surface area contributed by atoms with E-state index >= 15 is 0 Å². The van der Waals surface area contributed by atoms with Gasteiger partial charge in [0.05, 0.1) is 52.7 Å². The van der Waals surface area contributed by atoms with Crippen LogP contribution in [0.2, 0.25) is 0 Å². The van der Waals surface area contributed by atoms with Crippen LogP contribution in [0.25, 0.3) is 0 Å². The van der Waals surface area contributed by atoms with Gasteiger partial charge in [-0.05, 0) is 12.8 Å². The van der Waals surface area contributed by atoms with Crippen molar-refractivity contribution in [3.63, 3.8) is 0 Å². The first-order valence-corrected chi connectivity index (χ1v) is 12.0. The fourth-order valence-corrected chi connectivity index (χ4v) is 2.92. The van der Waals surface area contributed by atoms with Gasteiger partial charge < -0.3 is 29.2 Å². The average Bonchev–Trinajstić information content (AvgIpc) is 2.77. The van der Waals surface area contributed by atoms with Gasteiger partial charge in [-0.2, -0.15) is 35.1 Å². The van der Waals surface area contributed by atoms with Gasteiger partial charge in [-0.1, -0.05) is 0 Å². The molecule has 0 saturated carbocycles. The highest BCUT2D eigenvalue weighted by atomic mass is 19.4. The van der Waals surface area contributed by atoms with E-state index in [9.17, 15) is 62.9 Å². The summed E-state index contributed by atoms with van der Waals surface area (Å²) in [4.78, 5) is 0. The van der Waals surface area contributed by atoms with Crippen molar-refractivity contribution in [2.24, 2.45) is 11.8 Å². The van der Waals surface area contributed by atoms with Gasteiger partial charge in [-0.25, -0.2) is 17.6 Å². The summed E-state index contributed by atoms with van der Waals surface area (Å²) < 4.78 is 171. The van der Waals surface area contributed by atoms with Crippen LogP contribution in [0.15, 0.2) is 0 Å². The van der Waals surface area contributed by atoms with Crippen LogP contribution in [-0.4, -0.2) is 106 Å². The van der Waals surface area contributed by atoms with Crippen LogP contribution in [0, 0.1) is 11.8 Å². The van der Waals surface area contributed by atoms with Crippen LogP contribution in [0.1, 0.15) is 32.1 Å². The fraction of sp³-hybridized carbons (Fsp3) is 1.00. The Kier molecular flexibility index (Phi) is 17.3. The highest BCUT2D eigenvalue weighted by Gasteiger charge is 2.61. The average molecular weight is 622 g/mol. The molecule has 0 aliphatic rings. The lowest BCUT2D eigenvalue weighted by molar-refractivity contribution is -0.303. The Morgan fingerprint density at radius 2 is 0.950 bits per heavy atom. The molecule has 0 amide bonds. The summed E-state index contributed by atoms with van der Waals surface area (Å²) in [6.45, 7) is -4.11. The summed E-state index contributed by atoms with van der Waals surface area (Å²) in [6, 6.07) is 0. The molecule has 0 spiro atoms. The monoisotopic (exact) mass is 622 g/mol. The summed E-state index contributed by atoms with van der Waals surface area (Å²) in [6.07, 6.45) is -16.5. The molecular weight excluding hydrogens is 588 g/mol. The number of aliphatic hydroxyl groups excluding tert-OH is 2. The molecule has 0 aliphatic carbocycles. The van der Waals surface area contributed by atoms with E-state index in [1.165, 1.54) is 0 Å². The van der Waals surface area contributed by atoms with Gasteiger partial charge in [0.15, 0.2) is 0 Å². The van der Waals surface area contributed by atoms with Crippen LogP contribution in [-0.2, 0) is 18.9 Å². The van der Waals surface area contributed by atoms with Gasteiger partial charge in [0, 0.05) is 31.5 Å². The second-order valence-corrected chi connectivity index (χ2v) is 9.18. The zero-order valence-electron chi connectivity index (χ0n) is 21.3. The summed E-state index contributed by atoms with van der Waals surface area (Å²) >= 11 is 0. The van der Waals surface area contributed by atoms with Gasteiger partial charge in [0.2, 0.25) is 0 Å². The molecule has 0 aliphatic heterocycles. The predicted molar refractivity (Wildman–Crippen MR) is 114 cm³/mol. The van der Waals surface area contributed by atoms with E-state index in [4.69, 9.17) is 14.2 Å². The van der Waals surface area contributed by atoms with E-state index in [-0.39, 0.29) is 33.0 Å². The van der Waals surface area contributed by atoms with Crippen LogP contribution in [0.5, 0.6) is 0 Å². The number of rotatable bonds is 23. The lowest BCUT2D eigenvalue weighted by atomic mass is 10.1. The van der Waals surface area contributed by atoms with Gasteiger partial charge in [0.25, 0.3) is 11.8 Å². The van der Waals surface area contributed by atoms with Crippen LogP contribution in [0.3, 0.4) is 0 Å². The van der Waals surface area contributed by atoms with Gasteiger partial charge in [-0.15, -0.1) is 0 Å². The normalized spacial score (nSPS) is 15.4. The highest BCUT2D eigenvalue weighted by Crippen LogP contribution is 2.42. The van der Waals surface area contributed by atoms with Gasteiger partial charge in [-0.3, -0.25) is 0 Å². The van der Waals surface area contributed by atoms with E-state index in [1.807, 2.05) is 0 Å². The minimum atomic E-state index is -6.13. The molecule has 18 heteroatoms. The first kappa shape index (κ1) is 38.9. The molecule has 0 fully saturated rings. The first-order valence-electron chi connectivity index (χ1n) is 12.0. The lowest BCUT2D eigenvalue weighted by Gasteiger charge is -2.25. The summed E-state index contributed by atoms with van der Waals surface area (Å²) in [5.74, 6) is -15.5. The van der Waals surface area contributed by atoms with E-state index in [1.54, 1.807) is 0 Å². The number of aliphatic hydroxyl groups is 2. The topological polar surface area (TPSA) is 77.4 Å². The molecule has 0 aromatic heterocycles. The van der Waals surface area contributed by atoms with Crippen molar-refractivity contribution in [1.29, 1.82) is 0 Å². The number of hydrogen-bond donors (Lipinski definition) is 2. The predicted octanol–water partition coefficient (Wildman–Crippen LogP) is 5.25. The molecule has 0 heterocycles. The molecule has 0 radical (unpaired) electrons. The van der Waals surface area contributed by atoms with Crippen molar-refractivity contribution in [3.05, 3.63) is 0 Å². The maximum atomic E-state index is 13.4. The SMILES string of the molecule is OCC(COCCCCOCC(CO)COCC(F)(F)CC(F)(F)C(F)(F)F)COCCC(F)(F)CC(F)(F)F. The Morgan fingerprint density at radius 3 is 1.35 bits per heavy atom. The number of unbranched alkanes of at least 4 members (excludes halogenated alkanes) is 1. The molecule has 0 aromatic carbocycles. The Morgan fingerprint density at radius 1 is 0.525 bits per heavy atom. The third-order valence-electron chi connectivity index (χ3n) is 5.04. The standard InChI is InChI=1S/C22H34F12O6/c23-18(24,14-21(29,30)31)3-6-39-11-16(7-35)9-37-4-1-2-5-38-10-17(8-36)12-40-15-19(25,26)13-20(27,28)22(32,33)34/h16-17,35-36H,1-15H2. The third kappa shape index (κ3) is 19.1. The minimum absolute atomic E-state index is 0.0280. The minimum Gasteiger partial charge on any atom is -0.396 e. The number of ether oxygens (including phenoxy) is 4. The maximum Gasteiger partial charge on any atom is 0.453 e. The van der Waals surface area contributed by atoms with Crippen LogP contribution in [0.4, 0.5) is 52.7 Å². The van der Waals surface area contributed by atoms with E-state index in [0.29, 0.717) is 12.8 Å². The van der Waals surface area contributed by atoms with Crippen molar-refractivity contribution in [2.75, 3.05) is 66.1 Å². The molecule has 40 heavy (non-hydrogen) atoms. The first-order chi connectivity index (χ1) is 18.2. The molecule has 242 valence electrons. The van der Waals surface area contributed by atoms with Gasteiger partial charge >= 0.3 is 18.3 Å². The van der Waals surface area contributed by atoms with Crippen molar-refractivity contribution in [3.8, 4) is 0 Å². The Labute approximate surface area is 222 Å². The number of halogens is 12. The molecule has 0 aromatic rings.